The number of likely N-dealkylation sites (N-methyl/N-ethyl adjacent to an activating group) is 1. The Balaban J connectivity index is 2.75. The molecule has 0 aliphatic rings. The number of benzene rings is 1. The van der Waals surface area contributed by atoms with E-state index in [0.29, 0.717) is 6.42 Å². The van der Waals surface area contributed by atoms with Crippen LogP contribution >= 0.6 is 0 Å². The molecule has 0 aliphatic heterocycles. The van der Waals surface area contributed by atoms with Crippen molar-refractivity contribution in [3.63, 3.8) is 0 Å². The molecule has 0 radical (unpaired) electrons. The molecule has 0 bridgehead atoms. The molecule has 0 aromatic heterocycles. The van der Waals surface area contributed by atoms with Crippen molar-refractivity contribution in [2.45, 2.75) is 19.4 Å². The third kappa shape index (κ3) is 2.94. The van der Waals surface area contributed by atoms with Gasteiger partial charge >= 0.3 is 0 Å². The van der Waals surface area contributed by atoms with Crippen LogP contribution in [-0.4, -0.2) is 19.1 Å². The van der Waals surface area contributed by atoms with Crippen LogP contribution in [0.3, 0.4) is 0 Å². The molecule has 0 aliphatic carbocycles. The van der Waals surface area contributed by atoms with Gasteiger partial charge in [0.25, 0.3) is 5.91 Å². The second-order valence-corrected chi connectivity index (χ2v) is 3.06. The molecular formula is C11H14FNO2. The Hall–Kier alpha value is -1.58. The van der Waals surface area contributed by atoms with Crippen LogP contribution < -0.4 is 10.1 Å². The molecule has 1 rings (SSSR count). The van der Waals surface area contributed by atoms with Crippen LogP contribution in [0.5, 0.6) is 5.75 Å². The highest BCUT2D eigenvalue weighted by Gasteiger charge is 2.17. The molecule has 82 valence electrons. The van der Waals surface area contributed by atoms with Crippen molar-refractivity contribution >= 4 is 5.91 Å². The standard InChI is InChI=1S/C11H14FNO2/c1-3-9(11(14)13-2)15-10-7-5-4-6-8(10)12/h4-7,9H,3H2,1-2H3,(H,13,14). The van der Waals surface area contributed by atoms with Crippen LogP contribution in [-0.2, 0) is 4.79 Å². The Bertz CT molecular complexity index is 341. The highest BCUT2D eigenvalue weighted by Crippen LogP contribution is 2.17. The summed E-state index contributed by atoms with van der Waals surface area (Å²) in [5.41, 5.74) is 0. The maximum Gasteiger partial charge on any atom is 0.260 e. The van der Waals surface area contributed by atoms with Gasteiger partial charge in [-0.25, -0.2) is 4.39 Å². The van der Waals surface area contributed by atoms with Gasteiger partial charge in [-0.2, -0.15) is 0 Å². The fourth-order valence-corrected chi connectivity index (χ4v) is 1.18. The molecule has 1 amide bonds. The van der Waals surface area contributed by atoms with Crippen molar-refractivity contribution < 1.29 is 13.9 Å². The predicted molar refractivity (Wildman–Crippen MR) is 55.2 cm³/mol. The van der Waals surface area contributed by atoms with Crippen LogP contribution in [0.2, 0.25) is 0 Å². The van der Waals surface area contributed by atoms with Crippen LogP contribution in [0.15, 0.2) is 24.3 Å². The fraction of sp³-hybridized carbons (Fsp3) is 0.364. The molecule has 1 N–H and O–H groups in total. The van der Waals surface area contributed by atoms with Crippen LogP contribution in [0, 0.1) is 5.82 Å². The van der Waals surface area contributed by atoms with Crippen molar-refractivity contribution in [2.24, 2.45) is 0 Å². The van der Waals surface area contributed by atoms with E-state index in [1.54, 1.807) is 19.1 Å². The number of ether oxygens (including phenoxy) is 1. The van der Waals surface area contributed by atoms with Gasteiger partial charge in [0.2, 0.25) is 0 Å². The molecular weight excluding hydrogens is 197 g/mol. The second kappa shape index (κ2) is 5.34. The highest BCUT2D eigenvalue weighted by atomic mass is 19.1. The van der Waals surface area contributed by atoms with E-state index in [0.717, 1.165) is 0 Å². The number of hydrogen-bond donors (Lipinski definition) is 1. The minimum atomic E-state index is -0.646. The van der Waals surface area contributed by atoms with Crippen LogP contribution in [0.4, 0.5) is 4.39 Å². The van der Waals surface area contributed by atoms with Gasteiger partial charge in [0.15, 0.2) is 17.7 Å². The molecule has 3 nitrogen and oxygen atoms in total. The summed E-state index contributed by atoms with van der Waals surface area (Å²) in [6, 6.07) is 6.03. The van der Waals surface area contributed by atoms with E-state index in [1.165, 1.54) is 19.2 Å². The van der Waals surface area contributed by atoms with Gasteiger partial charge in [0.1, 0.15) is 0 Å². The summed E-state index contributed by atoms with van der Waals surface area (Å²) < 4.78 is 18.5. The maximum atomic E-state index is 13.2. The van der Waals surface area contributed by atoms with Gasteiger partial charge in [-0.3, -0.25) is 4.79 Å². The number of nitrogens with one attached hydrogen (secondary N) is 1. The van der Waals surface area contributed by atoms with Gasteiger partial charge < -0.3 is 10.1 Å². The lowest BCUT2D eigenvalue weighted by Crippen LogP contribution is -2.35. The second-order valence-electron chi connectivity index (χ2n) is 3.06. The average molecular weight is 211 g/mol. The first-order chi connectivity index (χ1) is 7.19. The molecule has 0 spiro atoms. The summed E-state index contributed by atoms with van der Waals surface area (Å²) in [4.78, 5) is 11.3. The Morgan fingerprint density at radius 2 is 2.20 bits per heavy atom. The van der Waals surface area contributed by atoms with Gasteiger partial charge in [0, 0.05) is 7.05 Å². The normalized spacial score (nSPS) is 11.9. The number of hydrogen-bond acceptors (Lipinski definition) is 2. The fourth-order valence-electron chi connectivity index (χ4n) is 1.18. The highest BCUT2D eigenvalue weighted by molar-refractivity contribution is 5.80. The Morgan fingerprint density at radius 3 is 2.73 bits per heavy atom. The van der Waals surface area contributed by atoms with E-state index in [1.807, 2.05) is 0 Å². The molecule has 4 heteroatoms. The number of amides is 1. The van der Waals surface area contributed by atoms with E-state index in [9.17, 15) is 9.18 Å². The van der Waals surface area contributed by atoms with Crippen molar-refractivity contribution in [2.75, 3.05) is 7.05 Å². The number of carbonyl (C=O) groups excluding carboxylic acids is 1. The third-order valence-corrected chi connectivity index (χ3v) is 2.02. The smallest absolute Gasteiger partial charge is 0.260 e. The minimum Gasteiger partial charge on any atom is -0.478 e. The van der Waals surface area contributed by atoms with Crippen LogP contribution in [0.1, 0.15) is 13.3 Å². The zero-order chi connectivity index (χ0) is 11.3. The first-order valence-electron chi connectivity index (χ1n) is 4.81. The number of halogens is 1. The summed E-state index contributed by atoms with van der Waals surface area (Å²) in [7, 11) is 1.52. The molecule has 0 heterocycles. The lowest BCUT2D eigenvalue weighted by atomic mass is 10.2. The van der Waals surface area contributed by atoms with Crippen molar-refractivity contribution in [1.82, 2.24) is 5.32 Å². The predicted octanol–water partition coefficient (Wildman–Crippen LogP) is 1.73. The average Bonchev–Trinajstić information content (AvgIpc) is 2.27. The van der Waals surface area contributed by atoms with Crippen LogP contribution in [0.25, 0.3) is 0 Å². The lowest BCUT2D eigenvalue weighted by molar-refractivity contribution is -0.127. The summed E-state index contributed by atoms with van der Waals surface area (Å²) in [5, 5.41) is 2.47. The van der Waals surface area contributed by atoms with E-state index >= 15 is 0 Å². The summed E-state index contributed by atoms with van der Waals surface area (Å²) in [6.45, 7) is 1.81. The zero-order valence-corrected chi connectivity index (χ0v) is 8.79. The molecule has 0 fully saturated rings. The molecule has 1 atom stereocenters. The molecule has 0 saturated carbocycles. The van der Waals surface area contributed by atoms with Crippen molar-refractivity contribution in [3.05, 3.63) is 30.1 Å². The molecule has 1 aromatic carbocycles. The van der Waals surface area contributed by atoms with Gasteiger partial charge in [-0.1, -0.05) is 19.1 Å². The molecule has 0 saturated heterocycles. The van der Waals surface area contributed by atoms with Crippen molar-refractivity contribution in [3.8, 4) is 5.75 Å². The first-order valence-corrected chi connectivity index (χ1v) is 4.81. The maximum absolute atomic E-state index is 13.2. The van der Waals surface area contributed by atoms with Gasteiger partial charge in [-0.15, -0.1) is 0 Å². The molecule has 1 aromatic rings. The van der Waals surface area contributed by atoms with E-state index in [-0.39, 0.29) is 11.7 Å². The van der Waals surface area contributed by atoms with Crippen molar-refractivity contribution in [1.29, 1.82) is 0 Å². The first kappa shape index (κ1) is 11.5. The van der Waals surface area contributed by atoms with Gasteiger partial charge in [0.05, 0.1) is 0 Å². The minimum absolute atomic E-state index is 0.105. The third-order valence-electron chi connectivity index (χ3n) is 2.02. The number of carbonyl (C=O) groups is 1. The number of rotatable bonds is 4. The molecule has 15 heavy (non-hydrogen) atoms. The van der Waals surface area contributed by atoms with E-state index in [4.69, 9.17) is 4.74 Å². The summed E-state index contributed by atoms with van der Waals surface area (Å²) >= 11 is 0. The zero-order valence-electron chi connectivity index (χ0n) is 8.79. The van der Waals surface area contributed by atoms with E-state index < -0.39 is 11.9 Å². The SMILES string of the molecule is CCC(Oc1ccccc1F)C(=O)NC. The van der Waals surface area contributed by atoms with Gasteiger partial charge in [-0.05, 0) is 18.6 Å². The summed E-state index contributed by atoms with van der Waals surface area (Å²) in [5.74, 6) is -0.603. The molecule has 1 unspecified atom stereocenters. The number of para-hydroxylation sites is 1. The summed E-state index contributed by atoms with van der Waals surface area (Å²) in [6.07, 6.45) is -0.152. The largest absolute Gasteiger partial charge is 0.478 e. The lowest BCUT2D eigenvalue weighted by Gasteiger charge is -2.16. The Morgan fingerprint density at radius 1 is 1.53 bits per heavy atom. The monoisotopic (exact) mass is 211 g/mol. The Kier molecular flexibility index (Phi) is 4.09. The quantitative estimate of drug-likeness (QED) is 0.823. The Labute approximate surface area is 88.2 Å². The topological polar surface area (TPSA) is 38.3 Å². The van der Waals surface area contributed by atoms with E-state index in [2.05, 4.69) is 5.32 Å².